The first-order valence-corrected chi connectivity index (χ1v) is 54.0. The number of benzene rings is 23. The Balaban J connectivity index is 0.0000000893. The molecule has 23 aromatic carbocycles. The zero-order valence-corrected chi connectivity index (χ0v) is 83.7. The van der Waals surface area contributed by atoms with Crippen molar-refractivity contribution in [1.29, 1.82) is 0 Å². The van der Waals surface area contributed by atoms with Crippen LogP contribution in [-0.2, 0) is 27.1 Å². The topological polar surface area (TPSA) is 34.0 Å². The first-order chi connectivity index (χ1) is 69.4. The molecule has 0 amide bonds. The summed E-state index contributed by atoms with van der Waals surface area (Å²) in [6.45, 7) is 35.2. The molecular weight excluding hydrogens is 1740 g/mol. The molecule has 26 aromatic rings. The van der Waals surface area contributed by atoms with Crippen LogP contribution >= 0.6 is 0 Å². The quantitative estimate of drug-likeness (QED) is 0.131. The summed E-state index contributed by atoms with van der Waals surface area (Å²) in [7, 11) is -1.78. The summed E-state index contributed by atoms with van der Waals surface area (Å²) in [6, 6.07) is 132. The van der Waals surface area contributed by atoms with E-state index in [0.29, 0.717) is 0 Å². The minimum absolute atomic E-state index is 0.0111. The molecule has 0 bridgehead atoms. The average Bonchev–Trinajstić information content (AvgIpc) is 1.04. The van der Waals surface area contributed by atoms with Crippen LogP contribution in [0.3, 0.4) is 0 Å². The molecule has 7 aliphatic rings. The molecule has 0 atom stereocenters. The maximum atomic E-state index is 4.92. The third-order valence-electron chi connectivity index (χ3n) is 35.5. The molecule has 143 heavy (non-hydrogen) atoms. The second-order valence-electron chi connectivity index (χ2n) is 44.8. The normalized spacial score (nSPS) is 15.5. The van der Waals surface area contributed by atoms with Gasteiger partial charge in [-0.05, 0) is 333 Å². The lowest BCUT2D eigenvalue weighted by atomic mass is 9.67. The number of fused-ring (bicyclic) bond motifs is 22. The van der Waals surface area contributed by atoms with Crippen LogP contribution in [0.15, 0.2) is 371 Å². The Kier molecular flexibility index (Phi) is 16.4. The summed E-state index contributed by atoms with van der Waals surface area (Å²) < 4.78 is 2.41. The highest BCUT2D eigenvalue weighted by atomic mass is 28.3. The molecule has 0 N–H and O–H groups in total. The van der Waals surface area contributed by atoms with Crippen LogP contribution in [0.2, 0.25) is 13.1 Å². The van der Waals surface area contributed by atoms with E-state index < -0.39 is 8.07 Å². The third-order valence-corrected chi connectivity index (χ3v) is 39.1. The molecule has 678 valence electrons. The van der Waals surface area contributed by atoms with Gasteiger partial charge in [-0.3, -0.25) is 9.97 Å². The van der Waals surface area contributed by atoms with Crippen LogP contribution in [0, 0.1) is 6.92 Å². The Bertz CT molecular complexity index is 9540. The van der Waals surface area contributed by atoms with Gasteiger partial charge >= 0.3 is 0 Å². The zero-order chi connectivity index (χ0) is 96.2. The summed E-state index contributed by atoms with van der Waals surface area (Å²) in [5, 5.41) is 37.4. The molecule has 33 rings (SSSR count). The predicted octanol–water partition coefficient (Wildman–Crippen LogP) is 35.8. The molecule has 2 aliphatic heterocycles. The van der Waals surface area contributed by atoms with E-state index in [9.17, 15) is 0 Å². The van der Waals surface area contributed by atoms with Crippen LogP contribution < -0.4 is 15.3 Å². The van der Waals surface area contributed by atoms with Crippen molar-refractivity contribution in [2.24, 2.45) is 0 Å². The minimum atomic E-state index is -1.78. The average molecular weight is 1840 g/mol. The first kappa shape index (κ1) is 82.7. The lowest BCUT2D eigenvalue weighted by molar-refractivity contribution is 0.641. The third kappa shape index (κ3) is 10.6. The van der Waals surface area contributed by atoms with Crippen LogP contribution in [-0.4, -0.2) is 22.6 Å². The Morgan fingerprint density at radius 1 is 0.266 bits per heavy atom. The molecule has 0 saturated heterocycles. The Morgan fingerprint density at radius 3 is 1.26 bits per heavy atom. The predicted molar refractivity (Wildman–Crippen MR) is 612 cm³/mol. The number of anilines is 3. The van der Waals surface area contributed by atoms with Crippen LogP contribution in [0.1, 0.15) is 136 Å². The summed E-state index contributed by atoms with van der Waals surface area (Å²) in [5.74, 6) is 0. The summed E-state index contributed by atoms with van der Waals surface area (Å²) in [6.07, 6.45) is 5.88. The fourth-order valence-electron chi connectivity index (χ4n) is 29.3. The lowest BCUT2D eigenvalue weighted by Gasteiger charge is -2.36. The highest BCUT2D eigenvalue weighted by Gasteiger charge is 2.46. The van der Waals surface area contributed by atoms with Crippen molar-refractivity contribution in [3.63, 3.8) is 0 Å². The molecule has 5 aliphatic carbocycles. The summed E-state index contributed by atoms with van der Waals surface area (Å²) >= 11 is 0. The van der Waals surface area contributed by atoms with Crippen molar-refractivity contribution in [1.82, 2.24) is 14.5 Å². The van der Waals surface area contributed by atoms with E-state index in [1.165, 1.54) is 302 Å². The van der Waals surface area contributed by atoms with Gasteiger partial charge in [-0.1, -0.05) is 350 Å². The summed E-state index contributed by atoms with van der Waals surface area (Å²) in [4.78, 5) is 12.2. The Hall–Kier alpha value is -16.2. The van der Waals surface area contributed by atoms with Gasteiger partial charge < -0.3 is 9.47 Å². The van der Waals surface area contributed by atoms with Crippen molar-refractivity contribution >= 4 is 182 Å². The van der Waals surface area contributed by atoms with Gasteiger partial charge in [0.1, 0.15) is 8.07 Å². The molecule has 3 aromatic heterocycles. The molecule has 5 heteroatoms. The van der Waals surface area contributed by atoms with E-state index in [0.717, 1.165) is 5.69 Å². The van der Waals surface area contributed by atoms with E-state index in [1.807, 2.05) is 18.5 Å². The molecule has 5 heterocycles. The number of hydrogen-bond acceptors (Lipinski definition) is 3. The maximum Gasteiger partial charge on any atom is 0.114 e. The van der Waals surface area contributed by atoms with Gasteiger partial charge in [0.05, 0.1) is 28.3 Å². The molecule has 0 radical (unpaired) electrons. The van der Waals surface area contributed by atoms with Gasteiger partial charge in [0, 0.05) is 100 Å². The molecule has 0 saturated carbocycles. The van der Waals surface area contributed by atoms with Crippen molar-refractivity contribution < 1.29 is 0 Å². The van der Waals surface area contributed by atoms with E-state index in [-0.39, 0.29) is 27.1 Å². The van der Waals surface area contributed by atoms with Gasteiger partial charge in [-0.15, -0.1) is 0 Å². The number of pyridine rings is 2. The van der Waals surface area contributed by atoms with Crippen molar-refractivity contribution in [2.75, 3.05) is 4.90 Å². The fourth-order valence-corrected chi connectivity index (χ4v) is 32.7. The lowest BCUT2D eigenvalue weighted by Crippen LogP contribution is -2.49. The second-order valence-corrected chi connectivity index (χ2v) is 49.1. The number of aromatic nitrogens is 3. The monoisotopic (exact) mass is 1840 g/mol. The van der Waals surface area contributed by atoms with E-state index in [1.54, 1.807) is 10.4 Å². The van der Waals surface area contributed by atoms with Gasteiger partial charge in [0.15, 0.2) is 0 Å². The van der Waals surface area contributed by atoms with E-state index in [4.69, 9.17) is 9.97 Å². The number of hydrogen-bond donors (Lipinski definition) is 0. The number of nitrogens with zero attached hydrogens (tertiary/aromatic N) is 4. The van der Waals surface area contributed by atoms with Crippen molar-refractivity contribution in [2.45, 2.75) is 116 Å². The number of rotatable bonds is 3. The molecule has 4 nitrogen and oxygen atoms in total. The van der Waals surface area contributed by atoms with E-state index in [2.05, 4.69) is 457 Å². The summed E-state index contributed by atoms with van der Waals surface area (Å²) in [5.41, 5.74) is 41.0. The van der Waals surface area contributed by atoms with E-state index >= 15 is 0 Å². The first-order valence-electron chi connectivity index (χ1n) is 51.0. The maximum absolute atomic E-state index is 4.92. The zero-order valence-electron chi connectivity index (χ0n) is 82.7. The standard InChI is InChI=1S/C39H26N2.C34H26.C33H26Si.C32H24N2/c1-3-29-24(2)40(27-12-6-4-7-13-27)39-31-20-18-25-19-21-35-38-32(22-26(23-33(29)39)36(31)37(25)38)30-16-10-11-17-34(30)41(35)28-14-8-5-9-15-28;1-33(2)26-11-7-5-9-21(26)24-17-20-18-25-22-10-6-8-12-27(22)34(3,4)32(25)23-15-13-19-14-16-28(33)31(24)30(19)29(20)23;1-33(2)26-11-7-5-9-21(26)24-17-20-18-25-22-10-6-8-12-28(22)34(3,4)32(25)23-15-13-19-14-16-27(33)31(24)30(19)29(20)23;1-31(2)23-12-10-17-9-11-20-25-18(15-21-19-7-5-14-34-30(19)32(3,4)28(20)21)16-22(27(23)26(17)25)29-24(31)8-6-13-33-29/h3-23H,1H2,2H3;2*5-18H,1-4H3;5-16H,1-4H3. The van der Waals surface area contributed by atoms with Crippen LogP contribution in [0.25, 0.3) is 230 Å². The molecule has 0 unspecified atom stereocenters. The van der Waals surface area contributed by atoms with Gasteiger partial charge in [0.25, 0.3) is 0 Å². The van der Waals surface area contributed by atoms with Gasteiger partial charge in [-0.25, -0.2) is 0 Å². The second kappa shape index (κ2) is 28.4. The van der Waals surface area contributed by atoms with Crippen molar-refractivity contribution in [3.05, 3.63) is 438 Å². The van der Waals surface area contributed by atoms with Gasteiger partial charge in [-0.2, -0.15) is 0 Å². The Labute approximate surface area is 832 Å². The Morgan fingerprint density at radius 2 is 0.664 bits per heavy atom. The van der Waals surface area contributed by atoms with Crippen LogP contribution in [0.5, 0.6) is 0 Å². The highest BCUT2D eigenvalue weighted by Crippen LogP contribution is 2.63. The molecular formula is C138H102N4Si. The molecule has 0 fully saturated rings. The van der Waals surface area contributed by atoms with Crippen LogP contribution in [0.4, 0.5) is 17.1 Å². The van der Waals surface area contributed by atoms with Gasteiger partial charge in [0.2, 0.25) is 0 Å². The SMILES string of the molecule is C=Cc1c(C)n(-c2ccccc2)c2c1cc1cc3c4c(ccc5ccc2c1c54)N(c1ccccc1)c1ccccc1-3.CC1(C)c2ccccc2-c2cc3cc4c(c5ccc6ccc1c2c6c35)[Si](C)(C)c1ccccc1-4.CC1(C)c2ccccc2-c2cc3cc4c5c(ccc6ccc(c21)c3c65)C(C)(C)c1ccccc1-4.CC1(C)c2ncccc2-c2cc3cc4c5c(ccc6ccc(c21)c3c65)C(C)(C)c1cccnc1-4. The smallest absolute Gasteiger partial charge is 0.114 e. The largest absolute Gasteiger partial charge is 0.313 e. The van der Waals surface area contributed by atoms with Crippen molar-refractivity contribution in [3.8, 4) is 83.7 Å². The fraction of sp³-hybridized carbons (Fsp3) is 0.130. The molecule has 0 spiro atoms. The number of para-hydroxylation sites is 3. The highest BCUT2D eigenvalue weighted by molar-refractivity contribution is 7.05. The minimum Gasteiger partial charge on any atom is -0.313 e.